The van der Waals surface area contributed by atoms with Gasteiger partial charge in [-0.05, 0) is 37.0 Å². The second-order valence-corrected chi connectivity index (χ2v) is 9.76. The van der Waals surface area contributed by atoms with Crippen LogP contribution in [-0.2, 0) is 20.2 Å². The van der Waals surface area contributed by atoms with Crippen LogP contribution in [0.5, 0.6) is 11.5 Å². The van der Waals surface area contributed by atoms with Gasteiger partial charge >= 0.3 is 7.82 Å². The maximum absolute atomic E-state index is 11.4. The summed E-state index contributed by atoms with van der Waals surface area (Å²) in [5.74, 6) is 1.37. The van der Waals surface area contributed by atoms with Crippen molar-refractivity contribution in [2.75, 3.05) is 40.6 Å². The van der Waals surface area contributed by atoms with Gasteiger partial charge in [0.2, 0.25) is 0 Å². The largest absolute Gasteiger partial charge is 0.493 e. The summed E-state index contributed by atoms with van der Waals surface area (Å²) < 4.78 is 33.6. The number of phosphoric acid groups is 1. The number of aliphatic hydroxyl groups excluding tert-OH is 1. The zero-order valence-corrected chi connectivity index (χ0v) is 19.2. The lowest BCUT2D eigenvalue weighted by molar-refractivity contribution is -0.960. The van der Waals surface area contributed by atoms with Crippen LogP contribution in [0, 0.1) is 0 Å². The smallest absolute Gasteiger partial charge is 0.474 e. The van der Waals surface area contributed by atoms with Crippen molar-refractivity contribution in [3.63, 3.8) is 0 Å². The molecule has 2 aliphatic rings. The summed E-state index contributed by atoms with van der Waals surface area (Å²) in [6.45, 7) is 1.47. The highest BCUT2D eigenvalue weighted by Crippen LogP contribution is 2.41. The quantitative estimate of drug-likeness (QED) is 0.360. The predicted octanol–water partition coefficient (Wildman–Crippen LogP) is 2.22. The summed E-state index contributed by atoms with van der Waals surface area (Å²) in [5.41, 5.74) is 1.08. The summed E-state index contributed by atoms with van der Waals surface area (Å²) in [6.07, 6.45) is 4.64. The molecule has 9 nitrogen and oxygen atoms in total. The lowest BCUT2D eigenvalue weighted by Crippen LogP contribution is -2.61. The van der Waals surface area contributed by atoms with Crippen molar-refractivity contribution in [2.24, 2.45) is 0 Å². The second-order valence-electron chi connectivity index (χ2n) is 8.52. The van der Waals surface area contributed by atoms with Crippen molar-refractivity contribution >= 4 is 7.82 Å². The number of benzene rings is 1. The first-order chi connectivity index (χ1) is 14.8. The van der Waals surface area contributed by atoms with Crippen LogP contribution in [0.3, 0.4) is 0 Å². The summed E-state index contributed by atoms with van der Waals surface area (Å²) in [7, 11) is -1.37. The Bertz CT molecular complexity index is 772. The van der Waals surface area contributed by atoms with Crippen molar-refractivity contribution in [3.8, 4) is 11.5 Å². The van der Waals surface area contributed by atoms with E-state index in [4.69, 9.17) is 18.7 Å². The van der Waals surface area contributed by atoms with E-state index < -0.39 is 13.9 Å². The molecule has 3 N–H and O–H groups in total. The van der Waals surface area contributed by atoms with E-state index in [1.807, 2.05) is 18.2 Å². The number of ether oxygens (including phenoxy) is 3. The molecule has 176 valence electrons. The van der Waals surface area contributed by atoms with Gasteiger partial charge in [0.15, 0.2) is 18.2 Å². The molecule has 1 aliphatic heterocycles. The van der Waals surface area contributed by atoms with Gasteiger partial charge < -0.3 is 29.1 Å². The highest BCUT2D eigenvalue weighted by atomic mass is 31.2. The highest BCUT2D eigenvalue weighted by Gasteiger charge is 2.49. The van der Waals surface area contributed by atoms with Crippen LogP contribution in [0.4, 0.5) is 0 Å². The van der Waals surface area contributed by atoms with E-state index in [9.17, 15) is 19.5 Å². The van der Waals surface area contributed by atoms with E-state index in [0.29, 0.717) is 48.5 Å². The number of hydrogen-bond donors (Lipinski definition) is 3. The molecule has 0 radical (unpaired) electrons. The van der Waals surface area contributed by atoms with Crippen LogP contribution >= 0.6 is 7.82 Å². The lowest BCUT2D eigenvalue weighted by Gasteiger charge is -2.46. The van der Waals surface area contributed by atoms with Crippen LogP contribution in [0.15, 0.2) is 18.2 Å². The fourth-order valence-corrected chi connectivity index (χ4v) is 5.36. The van der Waals surface area contributed by atoms with E-state index in [1.54, 1.807) is 14.2 Å². The van der Waals surface area contributed by atoms with Crippen LogP contribution < -0.4 is 9.47 Å². The Morgan fingerprint density at radius 3 is 2.48 bits per heavy atom. The molecule has 1 heterocycles. The third kappa shape index (κ3) is 6.42. The molecule has 0 aromatic heterocycles. The molecule has 0 spiro atoms. The SMILES string of the molecule is COc1ccc(CCO[C@@H]2CCCC[C@@H]2[N@@+]2(COP(=O)(O)O)CC[C@@H](O)C2)cc1OC. The molecule has 1 aliphatic carbocycles. The van der Waals surface area contributed by atoms with Crippen LogP contribution in [0.2, 0.25) is 0 Å². The van der Waals surface area contributed by atoms with Gasteiger partial charge in [-0.2, -0.15) is 0 Å². The van der Waals surface area contributed by atoms with E-state index in [0.717, 1.165) is 31.2 Å². The molecule has 1 aromatic carbocycles. The van der Waals surface area contributed by atoms with Crippen LogP contribution in [0.25, 0.3) is 0 Å². The first-order valence-corrected chi connectivity index (χ1v) is 12.4. The molecular formula is C21H35NO8P+. The molecule has 2 fully saturated rings. The Labute approximate surface area is 183 Å². The summed E-state index contributed by atoms with van der Waals surface area (Å²) >= 11 is 0. The van der Waals surface area contributed by atoms with Gasteiger partial charge in [-0.1, -0.05) is 12.5 Å². The fraction of sp³-hybridized carbons (Fsp3) is 0.714. The van der Waals surface area contributed by atoms with E-state index >= 15 is 0 Å². The van der Waals surface area contributed by atoms with E-state index in [2.05, 4.69) is 0 Å². The van der Waals surface area contributed by atoms with Crippen molar-refractivity contribution in [1.29, 1.82) is 0 Å². The molecule has 0 amide bonds. The lowest BCUT2D eigenvalue weighted by atomic mass is 9.89. The number of aliphatic hydroxyl groups is 1. The Hall–Kier alpha value is -1.19. The second kappa shape index (κ2) is 10.6. The van der Waals surface area contributed by atoms with Crippen molar-refractivity contribution in [2.45, 2.75) is 56.8 Å². The van der Waals surface area contributed by atoms with Gasteiger partial charge in [0.1, 0.15) is 24.8 Å². The molecule has 1 saturated carbocycles. The minimum atomic E-state index is -4.59. The standard InChI is InChI=1S/C21H34NO8P/c1-27-20-8-7-16(13-21(20)28-2)10-12-29-19-6-4-3-5-18(19)22(11-9-17(23)14-22)15-30-31(24,25)26/h7-8,13,17-19,23H,3-6,9-12,14-15H2,1-2H3,(H-,24,25,26)/p+1/t17-,18+,19-,22+/m1/s1. The first kappa shape index (κ1) is 24.5. The number of quaternary nitrogens is 1. The van der Waals surface area contributed by atoms with Gasteiger partial charge in [-0.3, -0.25) is 4.48 Å². The number of nitrogens with zero attached hydrogens (tertiary/aromatic N) is 1. The Kier molecular flexibility index (Phi) is 8.37. The topological polar surface area (TPSA) is 115 Å². The van der Waals surface area contributed by atoms with Crippen LogP contribution in [-0.4, -0.2) is 78.3 Å². The van der Waals surface area contributed by atoms with Crippen molar-refractivity contribution in [3.05, 3.63) is 23.8 Å². The molecule has 1 saturated heterocycles. The molecule has 1 aromatic rings. The Morgan fingerprint density at radius 1 is 1.10 bits per heavy atom. The number of hydrogen-bond acceptors (Lipinski definition) is 6. The first-order valence-electron chi connectivity index (χ1n) is 10.8. The highest BCUT2D eigenvalue weighted by molar-refractivity contribution is 7.46. The Morgan fingerprint density at radius 2 is 1.84 bits per heavy atom. The van der Waals surface area contributed by atoms with Gasteiger partial charge in [0, 0.05) is 12.8 Å². The van der Waals surface area contributed by atoms with Crippen molar-refractivity contribution < 1.29 is 42.7 Å². The van der Waals surface area contributed by atoms with Gasteiger partial charge in [0.25, 0.3) is 0 Å². The molecular weight excluding hydrogens is 425 g/mol. The zero-order valence-electron chi connectivity index (χ0n) is 18.3. The average Bonchev–Trinajstić information content (AvgIpc) is 3.14. The number of methoxy groups -OCH3 is 2. The number of likely N-dealkylation sites (tertiary alicyclic amines) is 1. The molecule has 3 rings (SSSR count). The monoisotopic (exact) mass is 460 g/mol. The summed E-state index contributed by atoms with van der Waals surface area (Å²) in [5, 5.41) is 10.2. The minimum absolute atomic E-state index is 0.0421. The average molecular weight is 460 g/mol. The Balaban J connectivity index is 1.66. The molecule has 31 heavy (non-hydrogen) atoms. The molecule has 0 unspecified atom stereocenters. The third-order valence-corrected chi connectivity index (χ3v) is 6.96. The number of rotatable bonds is 10. The molecule has 4 atom stereocenters. The normalized spacial score (nSPS) is 29.1. The number of phosphoric ester groups is 1. The minimum Gasteiger partial charge on any atom is -0.493 e. The predicted molar refractivity (Wildman–Crippen MR) is 114 cm³/mol. The van der Waals surface area contributed by atoms with Crippen molar-refractivity contribution in [1.82, 2.24) is 0 Å². The maximum atomic E-state index is 11.4. The third-order valence-electron chi connectivity index (χ3n) is 6.51. The molecule has 10 heteroatoms. The van der Waals surface area contributed by atoms with E-state index in [1.165, 1.54) is 0 Å². The summed E-state index contributed by atoms with van der Waals surface area (Å²) in [4.78, 5) is 18.5. The molecule has 0 bridgehead atoms. The van der Waals surface area contributed by atoms with Crippen LogP contribution in [0.1, 0.15) is 37.7 Å². The van der Waals surface area contributed by atoms with Gasteiger partial charge in [-0.25, -0.2) is 9.09 Å². The van der Waals surface area contributed by atoms with Gasteiger partial charge in [0.05, 0.1) is 27.4 Å². The van der Waals surface area contributed by atoms with Gasteiger partial charge in [-0.15, -0.1) is 0 Å². The zero-order chi connectivity index (χ0) is 22.5. The van der Waals surface area contributed by atoms with E-state index in [-0.39, 0.29) is 18.9 Å². The fourth-order valence-electron chi connectivity index (χ4n) is 4.98. The summed E-state index contributed by atoms with van der Waals surface area (Å²) in [6, 6.07) is 5.85. The maximum Gasteiger partial charge on any atom is 0.474 e.